The molecule has 0 radical (unpaired) electrons. The molecule has 4 nitrogen and oxygen atoms in total. The van der Waals surface area contributed by atoms with Gasteiger partial charge in [-0.2, -0.15) is 4.31 Å². The van der Waals surface area contributed by atoms with E-state index in [4.69, 9.17) is 23.2 Å². The third-order valence-corrected chi connectivity index (χ3v) is 6.53. The van der Waals surface area contributed by atoms with E-state index < -0.39 is 10.0 Å². The SMILES string of the molecule is CCC1CN(S(=O)(=O)c2ccc(Cl)c(CCl)c2)CCN1C. The standard InChI is InChI=1S/C14H20Cl2N2O2S/c1-3-12-10-18(7-6-17(12)2)21(19,20)13-4-5-14(16)11(8-13)9-15/h4-5,8,12H,3,6-7,9-10H2,1-2H3. The number of likely N-dealkylation sites (N-methyl/N-ethyl adjacent to an activating group) is 1. The van der Waals surface area contributed by atoms with Crippen LogP contribution >= 0.6 is 23.2 Å². The maximum atomic E-state index is 12.8. The highest BCUT2D eigenvalue weighted by atomic mass is 35.5. The summed E-state index contributed by atoms with van der Waals surface area (Å²) in [6.45, 7) is 3.85. The highest BCUT2D eigenvalue weighted by Crippen LogP contribution is 2.25. The van der Waals surface area contributed by atoms with Gasteiger partial charge >= 0.3 is 0 Å². The fraction of sp³-hybridized carbons (Fsp3) is 0.571. The van der Waals surface area contributed by atoms with Crippen LogP contribution in [0.15, 0.2) is 23.1 Å². The number of sulfonamides is 1. The smallest absolute Gasteiger partial charge is 0.243 e. The lowest BCUT2D eigenvalue weighted by molar-refractivity contribution is 0.144. The highest BCUT2D eigenvalue weighted by Gasteiger charge is 2.32. The lowest BCUT2D eigenvalue weighted by atomic mass is 10.1. The van der Waals surface area contributed by atoms with Crippen LogP contribution in [0.2, 0.25) is 5.02 Å². The molecule has 1 unspecified atom stereocenters. The van der Waals surface area contributed by atoms with Crippen LogP contribution in [0.25, 0.3) is 0 Å². The number of hydrogen-bond acceptors (Lipinski definition) is 3. The summed E-state index contributed by atoms with van der Waals surface area (Å²) < 4.78 is 27.1. The summed E-state index contributed by atoms with van der Waals surface area (Å²) in [5.41, 5.74) is 0.639. The Labute approximate surface area is 136 Å². The summed E-state index contributed by atoms with van der Waals surface area (Å²) in [5, 5.41) is 0.494. The van der Waals surface area contributed by atoms with Crippen LogP contribution in [0.1, 0.15) is 18.9 Å². The minimum atomic E-state index is -3.49. The molecule has 7 heteroatoms. The van der Waals surface area contributed by atoms with Crippen molar-refractivity contribution in [3.63, 3.8) is 0 Å². The fourth-order valence-corrected chi connectivity index (χ4v) is 4.53. The summed E-state index contributed by atoms with van der Waals surface area (Å²) in [6.07, 6.45) is 0.927. The van der Waals surface area contributed by atoms with Gasteiger partial charge in [-0.25, -0.2) is 8.42 Å². The lowest BCUT2D eigenvalue weighted by Gasteiger charge is -2.38. The first-order chi connectivity index (χ1) is 9.90. The lowest BCUT2D eigenvalue weighted by Crippen LogP contribution is -2.52. The van der Waals surface area contributed by atoms with Crippen molar-refractivity contribution < 1.29 is 8.42 Å². The first kappa shape index (κ1) is 17.0. The molecule has 1 aliphatic heterocycles. The fourth-order valence-electron chi connectivity index (χ4n) is 2.54. The van der Waals surface area contributed by atoms with E-state index in [0.29, 0.717) is 23.7 Å². The topological polar surface area (TPSA) is 40.6 Å². The van der Waals surface area contributed by atoms with Crippen LogP contribution in [0.4, 0.5) is 0 Å². The van der Waals surface area contributed by atoms with Gasteiger partial charge in [-0.3, -0.25) is 0 Å². The van der Waals surface area contributed by atoms with Crippen molar-refractivity contribution >= 4 is 33.2 Å². The number of halogens is 2. The third-order valence-electron chi connectivity index (χ3n) is 4.01. The Morgan fingerprint density at radius 2 is 2.05 bits per heavy atom. The molecule has 1 atom stereocenters. The molecule has 21 heavy (non-hydrogen) atoms. The Hall–Kier alpha value is -0.330. The molecule has 1 heterocycles. The van der Waals surface area contributed by atoms with E-state index >= 15 is 0 Å². The van der Waals surface area contributed by atoms with Crippen molar-refractivity contribution in [3.8, 4) is 0 Å². The van der Waals surface area contributed by atoms with Crippen LogP contribution in [0.5, 0.6) is 0 Å². The molecule has 1 aromatic rings. The first-order valence-corrected chi connectivity index (χ1v) is 9.30. The van der Waals surface area contributed by atoms with Crippen molar-refractivity contribution in [3.05, 3.63) is 28.8 Å². The average molecular weight is 351 g/mol. The predicted molar refractivity (Wildman–Crippen MR) is 86.5 cm³/mol. The van der Waals surface area contributed by atoms with Crippen LogP contribution in [0, 0.1) is 0 Å². The monoisotopic (exact) mass is 350 g/mol. The van der Waals surface area contributed by atoms with E-state index in [1.807, 2.05) is 7.05 Å². The molecule has 1 aliphatic rings. The minimum Gasteiger partial charge on any atom is -0.301 e. The Balaban J connectivity index is 2.30. The molecular weight excluding hydrogens is 331 g/mol. The first-order valence-electron chi connectivity index (χ1n) is 6.95. The van der Waals surface area contributed by atoms with Gasteiger partial charge in [0.05, 0.1) is 4.90 Å². The van der Waals surface area contributed by atoms with Gasteiger partial charge in [-0.15, -0.1) is 11.6 Å². The van der Waals surface area contributed by atoms with Crippen molar-refractivity contribution in [1.29, 1.82) is 0 Å². The second-order valence-electron chi connectivity index (χ2n) is 5.29. The molecular formula is C14H20Cl2N2O2S. The van der Waals surface area contributed by atoms with Gasteiger partial charge in [0.1, 0.15) is 0 Å². The molecule has 118 valence electrons. The van der Waals surface area contributed by atoms with E-state index in [1.54, 1.807) is 22.5 Å². The maximum Gasteiger partial charge on any atom is 0.243 e. The van der Waals surface area contributed by atoms with Crippen molar-refractivity contribution in [2.75, 3.05) is 26.7 Å². The van der Waals surface area contributed by atoms with Gasteiger partial charge in [-0.1, -0.05) is 18.5 Å². The molecule has 0 bridgehead atoms. The minimum absolute atomic E-state index is 0.197. The van der Waals surface area contributed by atoms with E-state index in [9.17, 15) is 8.42 Å². The molecule has 0 aliphatic carbocycles. The van der Waals surface area contributed by atoms with Crippen molar-refractivity contribution in [1.82, 2.24) is 9.21 Å². The molecule has 0 saturated carbocycles. The number of alkyl halides is 1. The summed E-state index contributed by atoms with van der Waals surface area (Å²) in [5.74, 6) is 0.197. The Bertz CT molecular complexity index is 607. The number of hydrogen-bond donors (Lipinski definition) is 0. The molecule has 0 amide bonds. The van der Waals surface area contributed by atoms with E-state index in [-0.39, 0.29) is 16.8 Å². The van der Waals surface area contributed by atoms with Gasteiger partial charge in [0.25, 0.3) is 0 Å². The number of nitrogens with zero attached hydrogens (tertiary/aromatic N) is 2. The van der Waals surface area contributed by atoms with Gasteiger partial charge in [-0.05, 0) is 37.2 Å². The zero-order valence-electron chi connectivity index (χ0n) is 12.2. The van der Waals surface area contributed by atoms with Crippen LogP contribution in [-0.2, 0) is 15.9 Å². The van der Waals surface area contributed by atoms with E-state index in [2.05, 4.69) is 11.8 Å². The molecule has 0 N–H and O–H groups in total. The predicted octanol–water partition coefficient (Wildman–Crippen LogP) is 2.79. The van der Waals surface area contributed by atoms with Gasteiger partial charge < -0.3 is 4.90 Å². The molecule has 1 fully saturated rings. The van der Waals surface area contributed by atoms with Gasteiger partial charge in [0.15, 0.2) is 0 Å². The zero-order chi connectivity index (χ0) is 15.6. The molecule has 2 rings (SSSR count). The Morgan fingerprint density at radius 1 is 1.33 bits per heavy atom. The number of piperazine rings is 1. The Morgan fingerprint density at radius 3 is 2.67 bits per heavy atom. The van der Waals surface area contributed by atoms with Gasteiger partial charge in [0, 0.05) is 36.6 Å². The third kappa shape index (κ3) is 3.54. The van der Waals surface area contributed by atoms with Gasteiger partial charge in [0.2, 0.25) is 10.0 Å². The number of rotatable bonds is 4. The average Bonchev–Trinajstić information content (AvgIpc) is 2.47. The normalized spacial score (nSPS) is 21.6. The summed E-state index contributed by atoms with van der Waals surface area (Å²) in [4.78, 5) is 2.47. The van der Waals surface area contributed by atoms with E-state index in [0.717, 1.165) is 13.0 Å². The summed E-state index contributed by atoms with van der Waals surface area (Å²) in [6, 6.07) is 4.98. The quantitative estimate of drug-likeness (QED) is 0.784. The van der Waals surface area contributed by atoms with Crippen LogP contribution < -0.4 is 0 Å². The van der Waals surface area contributed by atoms with Crippen LogP contribution in [-0.4, -0.2) is 50.3 Å². The van der Waals surface area contributed by atoms with Crippen LogP contribution in [0.3, 0.4) is 0 Å². The van der Waals surface area contributed by atoms with E-state index in [1.165, 1.54) is 0 Å². The molecule has 1 saturated heterocycles. The molecule has 0 spiro atoms. The second kappa shape index (κ2) is 6.84. The zero-order valence-corrected chi connectivity index (χ0v) is 14.5. The highest BCUT2D eigenvalue weighted by molar-refractivity contribution is 7.89. The van der Waals surface area contributed by atoms with Crippen molar-refractivity contribution in [2.24, 2.45) is 0 Å². The largest absolute Gasteiger partial charge is 0.301 e. The molecule has 0 aromatic heterocycles. The summed E-state index contributed by atoms with van der Waals surface area (Å²) in [7, 11) is -1.45. The maximum absolute atomic E-state index is 12.8. The number of benzene rings is 1. The summed E-state index contributed by atoms with van der Waals surface area (Å²) >= 11 is 11.8. The second-order valence-corrected chi connectivity index (χ2v) is 7.90. The van der Waals surface area contributed by atoms with Crippen molar-refractivity contribution in [2.45, 2.75) is 30.2 Å². The Kier molecular flexibility index (Phi) is 5.54. The molecule has 1 aromatic carbocycles.